The van der Waals surface area contributed by atoms with E-state index in [0.29, 0.717) is 11.1 Å². The standard InChI is InChI=1S/C16H25ClFN/c1-5-8-16(4,11-19-12(2)3)10-13-9-14(18)6-7-15(13)17/h6-7,9,12,19H,5,8,10-11H2,1-4H3. The molecule has 0 fully saturated rings. The molecule has 19 heavy (non-hydrogen) atoms. The van der Waals surface area contributed by atoms with Gasteiger partial charge in [-0.2, -0.15) is 0 Å². The third-order valence-corrected chi connectivity index (χ3v) is 3.78. The summed E-state index contributed by atoms with van der Waals surface area (Å²) in [6.07, 6.45) is 3.01. The van der Waals surface area contributed by atoms with Crippen molar-refractivity contribution in [2.24, 2.45) is 5.41 Å². The molecule has 1 nitrogen and oxygen atoms in total. The van der Waals surface area contributed by atoms with E-state index in [9.17, 15) is 4.39 Å². The lowest BCUT2D eigenvalue weighted by Gasteiger charge is -2.31. The molecular formula is C16H25ClFN. The number of rotatable bonds is 7. The minimum Gasteiger partial charge on any atom is -0.314 e. The van der Waals surface area contributed by atoms with Gasteiger partial charge in [0.2, 0.25) is 0 Å². The molecule has 0 aromatic heterocycles. The van der Waals surface area contributed by atoms with Crippen molar-refractivity contribution in [2.45, 2.75) is 53.0 Å². The van der Waals surface area contributed by atoms with E-state index in [2.05, 4.69) is 33.0 Å². The van der Waals surface area contributed by atoms with E-state index in [0.717, 1.165) is 31.4 Å². The summed E-state index contributed by atoms with van der Waals surface area (Å²) in [5.74, 6) is -0.213. The van der Waals surface area contributed by atoms with Crippen molar-refractivity contribution in [3.05, 3.63) is 34.6 Å². The van der Waals surface area contributed by atoms with Crippen molar-refractivity contribution < 1.29 is 4.39 Å². The van der Waals surface area contributed by atoms with Gasteiger partial charge in [-0.15, -0.1) is 0 Å². The Labute approximate surface area is 121 Å². The van der Waals surface area contributed by atoms with Crippen molar-refractivity contribution >= 4 is 11.6 Å². The van der Waals surface area contributed by atoms with E-state index in [4.69, 9.17) is 11.6 Å². The molecule has 1 atom stereocenters. The Kier molecular flexibility index (Phi) is 6.28. The van der Waals surface area contributed by atoms with Crippen LogP contribution in [0.1, 0.15) is 46.1 Å². The topological polar surface area (TPSA) is 12.0 Å². The van der Waals surface area contributed by atoms with Crippen LogP contribution in [0.5, 0.6) is 0 Å². The predicted octanol–water partition coefficient (Wildman–Crippen LogP) is 4.83. The Morgan fingerprint density at radius 3 is 2.63 bits per heavy atom. The fourth-order valence-corrected chi connectivity index (χ4v) is 2.62. The molecule has 0 heterocycles. The monoisotopic (exact) mass is 285 g/mol. The summed E-state index contributed by atoms with van der Waals surface area (Å²) in [5, 5.41) is 4.15. The van der Waals surface area contributed by atoms with Gasteiger partial charge < -0.3 is 5.32 Å². The maximum Gasteiger partial charge on any atom is 0.123 e. The van der Waals surface area contributed by atoms with Crippen LogP contribution in [0.15, 0.2) is 18.2 Å². The minimum atomic E-state index is -0.213. The molecule has 1 N–H and O–H groups in total. The van der Waals surface area contributed by atoms with Crippen LogP contribution < -0.4 is 5.32 Å². The summed E-state index contributed by atoms with van der Waals surface area (Å²) in [6, 6.07) is 5.08. The third-order valence-electron chi connectivity index (χ3n) is 3.42. The summed E-state index contributed by atoms with van der Waals surface area (Å²) >= 11 is 6.18. The average molecular weight is 286 g/mol. The highest BCUT2D eigenvalue weighted by Gasteiger charge is 2.25. The molecule has 0 radical (unpaired) electrons. The first-order valence-corrected chi connectivity index (χ1v) is 7.41. The van der Waals surface area contributed by atoms with Gasteiger partial charge in [-0.1, -0.05) is 45.7 Å². The number of halogens is 2. The molecule has 3 heteroatoms. The number of hydrogen-bond acceptors (Lipinski definition) is 1. The summed E-state index contributed by atoms with van der Waals surface area (Å²) in [5.41, 5.74) is 1.01. The highest BCUT2D eigenvalue weighted by atomic mass is 35.5. The Balaban J connectivity index is 2.84. The van der Waals surface area contributed by atoms with Gasteiger partial charge >= 0.3 is 0 Å². The predicted molar refractivity (Wildman–Crippen MR) is 81.3 cm³/mol. The van der Waals surface area contributed by atoms with Gasteiger partial charge in [-0.05, 0) is 42.0 Å². The second-order valence-electron chi connectivity index (χ2n) is 6.01. The van der Waals surface area contributed by atoms with E-state index in [1.165, 1.54) is 6.07 Å². The average Bonchev–Trinajstić information content (AvgIpc) is 2.32. The normalized spacial score (nSPS) is 14.7. The highest BCUT2D eigenvalue weighted by Crippen LogP contribution is 2.31. The molecule has 0 bridgehead atoms. The van der Waals surface area contributed by atoms with Gasteiger partial charge in [0, 0.05) is 17.6 Å². The van der Waals surface area contributed by atoms with Gasteiger partial charge in [-0.3, -0.25) is 0 Å². The second kappa shape index (κ2) is 7.25. The molecular weight excluding hydrogens is 261 g/mol. The van der Waals surface area contributed by atoms with Gasteiger partial charge in [0.05, 0.1) is 0 Å². The third kappa shape index (κ3) is 5.50. The first-order chi connectivity index (χ1) is 8.86. The van der Waals surface area contributed by atoms with Crippen molar-refractivity contribution in [3.63, 3.8) is 0 Å². The molecule has 0 aliphatic rings. The van der Waals surface area contributed by atoms with E-state index in [-0.39, 0.29) is 11.2 Å². The van der Waals surface area contributed by atoms with Crippen molar-refractivity contribution in [3.8, 4) is 0 Å². The van der Waals surface area contributed by atoms with Gasteiger partial charge in [0.15, 0.2) is 0 Å². The second-order valence-corrected chi connectivity index (χ2v) is 6.42. The number of nitrogens with one attached hydrogen (secondary N) is 1. The van der Waals surface area contributed by atoms with Crippen LogP contribution in [-0.4, -0.2) is 12.6 Å². The van der Waals surface area contributed by atoms with E-state index in [1.807, 2.05) is 0 Å². The Morgan fingerprint density at radius 1 is 1.37 bits per heavy atom. The van der Waals surface area contributed by atoms with Crippen LogP contribution in [0.3, 0.4) is 0 Å². The Bertz CT molecular complexity index is 406. The Hall–Kier alpha value is -0.600. The van der Waals surface area contributed by atoms with Crippen LogP contribution in [-0.2, 0) is 6.42 Å². The number of benzene rings is 1. The fraction of sp³-hybridized carbons (Fsp3) is 0.625. The van der Waals surface area contributed by atoms with E-state index < -0.39 is 0 Å². The summed E-state index contributed by atoms with van der Waals surface area (Å²) < 4.78 is 13.3. The first-order valence-electron chi connectivity index (χ1n) is 7.03. The van der Waals surface area contributed by atoms with Crippen molar-refractivity contribution in [1.82, 2.24) is 5.32 Å². The lowest BCUT2D eigenvalue weighted by molar-refractivity contribution is 0.267. The smallest absolute Gasteiger partial charge is 0.123 e. The lowest BCUT2D eigenvalue weighted by atomic mass is 9.79. The quantitative estimate of drug-likeness (QED) is 0.757. The molecule has 1 aromatic rings. The molecule has 108 valence electrons. The van der Waals surface area contributed by atoms with Crippen molar-refractivity contribution in [1.29, 1.82) is 0 Å². The molecule has 0 aliphatic carbocycles. The van der Waals surface area contributed by atoms with Crippen LogP contribution >= 0.6 is 11.6 Å². The maximum absolute atomic E-state index is 13.3. The Morgan fingerprint density at radius 2 is 2.05 bits per heavy atom. The zero-order chi connectivity index (χ0) is 14.5. The molecule has 1 aromatic carbocycles. The molecule has 0 aliphatic heterocycles. The SMILES string of the molecule is CCCC(C)(CNC(C)C)Cc1cc(F)ccc1Cl. The van der Waals surface area contributed by atoms with Crippen LogP contribution in [0.25, 0.3) is 0 Å². The van der Waals surface area contributed by atoms with Crippen molar-refractivity contribution in [2.75, 3.05) is 6.54 Å². The zero-order valence-corrected chi connectivity index (χ0v) is 13.1. The van der Waals surface area contributed by atoms with E-state index >= 15 is 0 Å². The largest absolute Gasteiger partial charge is 0.314 e. The van der Waals surface area contributed by atoms with Crippen LogP contribution in [0.4, 0.5) is 4.39 Å². The van der Waals surface area contributed by atoms with Crippen LogP contribution in [0, 0.1) is 11.2 Å². The van der Waals surface area contributed by atoms with Gasteiger partial charge in [-0.25, -0.2) is 4.39 Å². The number of hydrogen-bond donors (Lipinski definition) is 1. The molecule has 1 unspecified atom stereocenters. The molecule has 0 saturated heterocycles. The fourth-order valence-electron chi connectivity index (χ4n) is 2.43. The highest BCUT2D eigenvalue weighted by molar-refractivity contribution is 6.31. The summed E-state index contributed by atoms with van der Waals surface area (Å²) in [6.45, 7) is 9.63. The van der Waals surface area contributed by atoms with Crippen LogP contribution in [0.2, 0.25) is 5.02 Å². The molecule has 0 spiro atoms. The zero-order valence-electron chi connectivity index (χ0n) is 12.4. The molecule has 1 rings (SSSR count). The first kappa shape index (κ1) is 16.5. The molecule has 0 saturated carbocycles. The summed E-state index contributed by atoms with van der Waals surface area (Å²) in [4.78, 5) is 0. The molecule has 0 amide bonds. The minimum absolute atomic E-state index is 0.108. The summed E-state index contributed by atoms with van der Waals surface area (Å²) in [7, 11) is 0. The maximum atomic E-state index is 13.3. The van der Waals surface area contributed by atoms with E-state index in [1.54, 1.807) is 12.1 Å². The lowest BCUT2D eigenvalue weighted by Crippen LogP contribution is -2.37. The van der Waals surface area contributed by atoms with Gasteiger partial charge in [0.1, 0.15) is 5.82 Å². The van der Waals surface area contributed by atoms with Gasteiger partial charge in [0.25, 0.3) is 0 Å².